The molecule has 0 bridgehead atoms. The van der Waals surface area contributed by atoms with Crippen molar-refractivity contribution in [2.24, 2.45) is 0 Å². The quantitative estimate of drug-likeness (QED) is 0.613. The molecule has 2 aromatic carbocycles. The number of nitrogens with one attached hydrogen (secondary N) is 1. The van der Waals surface area contributed by atoms with Crippen LogP contribution in [0.25, 0.3) is 16.7 Å². The molecule has 4 aromatic rings. The van der Waals surface area contributed by atoms with Crippen LogP contribution in [-0.2, 0) is 0 Å². The molecule has 5 rings (SSSR count). The van der Waals surface area contributed by atoms with E-state index in [1.54, 1.807) is 4.52 Å². The molecule has 0 atom stereocenters. The van der Waals surface area contributed by atoms with Gasteiger partial charge in [-0.05, 0) is 54.0 Å². The molecule has 1 aliphatic heterocycles. The van der Waals surface area contributed by atoms with Crippen LogP contribution < -0.4 is 10.2 Å². The highest BCUT2D eigenvalue weighted by Gasteiger charge is 2.17. The summed E-state index contributed by atoms with van der Waals surface area (Å²) in [6.45, 7) is 2.18. The number of tetrazole rings is 1. The molecule has 0 amide bonds. The van der Waals surface area contributed by atoms with Gasteiger partial charge in [0, 0.05) is 13.1 Å². The van der Waals surface area contributed by atoms with Crippen molar-refractivity contribution in [1.29, 1.82) is 0 Å². The summed E-state index contributed by atoms with van der Waals surface area (Å²) in [5.74, 6) is 0.665. The zero-order chi connectivity index (χ0) is 17.3. The second-order valence-corrected chi connectivity index (χ2v) is 6.55. The second-order valence-electron chi connectivity index (χ2n) is 6.55. The van der Waals surface area contributed by atoms with Crippen LogP contribution in [-0.4, -0.2) is 38.1 Å². The highest BCUT2D eigenvalue weighted by Crippen LogP contribution is 2.31. The first kappa shape index (κ1) is 15.1. The Labute approximate surface area is 150 Å². The van der Waals surface area contributed by atoms with Gasteiger partial charge < -0.3 is 10.2 Å². The fraction of sp³-hybridized carbons (Fsp3) is 0.263. The molecule has 7 heteroatoms. The molecule has 7 nitrogen and oxygen atoms in total. The van der Waals surface area contributed by atoms with Crippen molar-refractivity contribution in [2.75, 3.05) is 23.3 Å². The lowest BCUT2D eigenvalue weighted by Crippen LogP contribution is -2.29. The molecule has 0 saturated carbocycles. The number of anilines is 3. The summed E-state index contributed by atoms with van der Waals surface area (Å²) in [6, 6.07) is 16.2. The van der Waals surface area contributed by atoms with Crippen molar-refractivity contribution in [3.05, 3.63) is 48.5 Å². The number of fused-ring (bicyclic) bond motifs is 3. The van der Waals surface area contributed by atoms with Crippen LogP contribution in [0.3, 0.4) is 0 Å². The van der Waals surface area contributed by atoms with Crippen molar-refractivity contribution >= 4 is 33.9 Å². The number of benzene rings is 2. The Morgan fingerprint density at radius 3 is 2.62 bits per heavy atom. The molecular weight excluding hydrogens is 326 g/mol. The predicted octanol–water partition coefficient (Wildman–Crippen LogP) is 3.41. The highest BCUT2D eigenvalue weighted by atomic mass is 15.5. The molecule has 0 unspecified atom stereocenters. The lowest BCUT2D eigenvalue weighted by molar-refractivity contribution is 0.578. The van der Waals surface area contributed by atoms with Crippen LogP contribution >= 0.6 is 0 Å². The van der Waals surface area contributed by atoms with E-state index in [1.807, 2.05) is 30.3 Å². The van der Waals surface area contributed by atoms with E-state index in [1.165, 1.54) is 24.9 Å². The number of hydrogen-bond donors (Lipinski definition) is 1. The van der Waals surface area contributed by atoms with Gasteiger partial charge in [-0.2, -0.15) is 4.52 Å². The van der Waals surface area contributed by atoms with Crippen LogP contribution in [0.1, 0.15) is 19.3 Å². The minimum atomic E-state index is 0.622. The Balaban J connectivity index is 1.60. The number of nitrogens with zero attached hydrogens (tertiary/aromatic N) is 6. The van der Waals surface area contributed by atoms with E-state index in [2.05, 4.69) is 43.9 Å². The molecule has 0 spiro atoms. The summed E-state index contributed by atoms with van der Waals surface area (Å²) < 4.78 is 1.73. The van der Waals surface area contributed by atoms with E-state index in [-0.39, 0.29) is 0 Å². The van der Waals surface area contributed by atoms with Gasteiger partial charge in [0.05, 0.1) is 22.4 Å². The molecule has 3 heterocycles. The molecular formula is C19H19N7. The normalized spacial score (nSPS) is 14.8. The average Bonchev–Trinajstić information content (AvgIpc) is 3.20. The van der Waals surface area contributed by atoms with Gasteiger partial charge in [0.15, 0.2) is 5.82 Å². The minimum absolute atomic E-state index is 0.622. The first-order chi connectivity index (χ1) is 12.9. The highest BCUT2D eigenvalue weighted by molar-refractivity contribution is 5.85. The summed E-state index contributed by atoms with van der Waals surface area (Å²) in [5, 5.41) is 15.6. The molecule has 0 aliphatic carbocycles. The van der Waals surface area contributed by atoms with Crippen molar-refractivity contribution in [1.82, 2.24) is 25.0 Å². The van der Waals surface area contributed by atoms with Crippen LogP contribution in [0.2, 0.25) is 0 Å². The molecule has 1 saturated heterocycles. The Kier molecular flexibility index (Phi) is 3.62. The van der Waals surface area contributed by atoms with Crippen LogP contribution in [0, 0.1) is 0 Å². The summed E-state index contributed by atoms with van der Waals surface area (Å²) in [4.78, 5) is 7.20. The fourth-order valence-electron chi connectivity index (χ4n) is 3.61. The van der Waals surface area contributed by atoms with Gasteiger partial charge in [0.25, 0.3) is 0 Å². The van der Waals surface area contributed by atoms with Gasteiger partial charge in [-0.3, -0.25) is 0 Å². The number of para-hydroxylation sites is 4. The fourth-order valence-corrected chi connectivity index (χ4v) is 3.61. The van der Waals surface area contributed by atoms with Crippen LogP contribution in [0.15, 0.2) is 48.5 Å². The third kappa shape index (κ3) is 2.52. The third-order valence-corrected chi connectivity index (χ3v) is 4.88. The molecule has 2 aromatic heterocycles. The Morgan fingerprint density at radius 1 is 0.885 bits per heavy atom. The smallest absolute Gasteiger partial charge is 0.222 e. The maximum Gasteiger partial charge on any atom is 0.222 e. The Hall–Kier alpha value is -3.22. The van der Waals surface area contributed by atoms with Crippen molar-refractivity contribution in [2.45, 2.75) is 19.3 Å². The van der Waals surface area contributed by atoms with Gasteiger partial charge in [-0.25, -0.2) is 4.98 Å². The van der Waals surface area contributed by atoms with Gasteiger partial charge in [-0.1, -0.05) is 24.3 Å². The van der Waals surface area contributed by atoms with Gasteiger partial charge in [0.1, 0.15) is 0 Å². The standard InChI is InChI=1S/C19H19N7/c1-6-12-25(13-7-1)16-10-4-2-8-14(16)20-18-19-22-23-24-26(19)17-11-5-3-9-15(17)21-18/h2-5,8-11H,1,6-7,12-13H2,(H,20,21). The van der Waals surface area contributed by atoms with Crippen LogP contribution in [0.5, 0.6) is 0 Å². The summed E-state index contributed by atoms with van der Waals surface area (Å²) >= 11 is 0. The number of piperidine rings is 1. The number of aromatic nitrogens is 5. The molecule has 1 fully saturated rings. The number of rotatable bonds is 3. The minimum Gasteiger partial charge on any atom is -0.370 e. The molecule has 1 N–H and O–H groups in total. The summed E-state index contributed by atoms with van der Waals surface area (Å²) in [6.07, 6.45) is 3.78. The Bertz CT molecular complexity index is 1070. The second kappa shape index (κ2) is 6.25. The van der Waals surface area contributed by atoms with Gasteiger partial charge in [-0.15, -0.1) is 5.10 Å². The van der Waals surface area contributed by atoms with Crippen molar-refractivity contribution < 1.29 is 0 Å². The number of hydrogen-bond acceptors (Lipinski definition) is 6. The van der Waals surface area contributed by atoms with E-state index in [4.69, 9.17) is 4.98 Å². The maximum absolute atomic E-state index is 4.76. The van der Waals surface area contributed by atoms with E-state index in [0.717, 1.165) is 29.8 Å². The predicted molar refractivity (Wildman–Crippen MR) is 102 cm³/mol. The summed E-state index contributed by atoms with van der Waals surface area (Å²) in [5.41, 5.74) is 4.60. The van der Waals surface area contributed by atoms with E-state index < -0.39 is 0 Å². The molecule has 130 valence electrons. The maximum atomic E-state index is 4.76. The average molecular weight is 345 g/mol. The first-order valence-corrected chi connectivity index (χ1v) is 8.98. The van der Waals surface area contributed by atoms with E-state index >= 15 is 0 Å². The lowest BCUT2D eigenvalue weighted by Gasteiger charge is -2.30. The first-order valence-electron chi connectivity index (χ1n) is 8.98. The SMILES string of the molecule is c1ccc(N2CCCCC2)c(Nc2nc3ccccc3n3nnnc23)c1. The van der Waals surface area contributed by atoms with Crippen LogP contribution in [0.4, 0.5) is 17.2 Å². The van der Waals surface area contributed by atoms with Gasteiger partial charge >= 0.3 is 0 Å². The third-order valence-electron chi connectivity index (χ3n) is 4.88. The molecule has 1 aliphatic rings. The molecule has 26 heavy (non-hydrogen) atoms. The van der Waals surface area contributed by atoms with Gasteiger partial charge in [0.2, 0.25) is 5.65 Å². The zero-order valence-corrected chi connectivity index (χ0v) is 14.3. The Morgan fingerprint density at radius 2 is 1.69 bits per heavy atom. The monoisotopic (exact) mass is 345 g/mol. The molecule has 0 radical (unpaired) electrons. The van der Waals surface area contributed by atoms with Crippen molar-refractivity contribution in [3.63, 3.8) is 0 Å². The largest absolute Gasteiger partial charge is 0.370 e. The lowest BCUT2D eigenvalue weighted by atomic mass is 10.1. The zero-order valence-electron chi connectivity index (χ0n) is 14.3. The van der Waals surface area contributed by atoms with E-state index in [9.17, 15) is 0 Å². The topological polar surface area (TPSA) is 71.2 Å². The van der Waals surface area contributed by atoms with E-state index in [0.29, 0.717) is 11.5 Å². The summed E-state index contributed by atoms with van der Waals surface area (Å²) in [7, 11) is 0. The van der Waals surface area contributed by atoms with Crippen molar-refractivity contribution in [3.8, 4) is 0 Å².